The Morgan fingerprint density at radius 1 is 1.55 bits per heavy atom. The highest BCUT2D eigenvalue weighted by Crippen LogP contribution is 2.10. The van der Waals surface area contributed by atoms with E-state index < -0.39 is 0 Å². The number of rotatable bonds is 2. The Balaban J connectivity index is 2.86. The first kappa shape index (κ1) is 7.85. The van der Waals surface area contributed by atoms with Gasteiger partial charge in [-0.1, -0.05) is 0 Å². The predicted octanol–water partition coefficient (Wildman–Crippen LogP) is 1.40. The van der Waals surface area contributed by atoms with Crippen molar-refractivity contribution in [2.24, 2.45) is 0 Å². The van der Waals surface area contributed by atoms with Gasteiger partial charge < -0.3 is 11.1 Å². The standard InChI is InChI=1S/C8H13N3/c1-3-10-8-5-4-7(9)6(2)11-8/h4-5H,3,9H2,1-2H3,(H,10,11). The highest BCUT2D eigenvalue weighted by atomic mass is 15.0. The molecule has 0 bridgehead atoms. The summed E-state index contributed by atoms with van der Waals surface area (Å²) in [6.07, 6.45) is 0. The molecule has 1 aromatic heterocycles. The fraction of sp³-hybridized carbons (Fsp3) is 0.375. The SMILES string of the molecule is CCNc1ccc(N)c(C)n1. The maximum Gasteiger partial charge on any atom is 0.126 e. The van der Waals surface area contributed by atoms with Crippen LogP contribution in [0.2, 0.25) is 0 Å². The first-order valence-electron chi connectivity index (χ1n) is 3.71. The molecule has 1 rings (SSSR count). The molecule has 3 heteroatoms. The van der Waals surface area contributed by atoms with E-state index in [2.05, 4.69) is 10.3 Å². The molecule has 0 aliphatic carbocycles. The molecule has 0 saturated heterocycles. The van der Waals surface area contributed by atoms with Crippen molar-refractivity contribution < 1.29 is 0 Å². The number of aromatic nitrogens is 1. The number of aryl methyl sites for hydroxylation is 1. The number of nitrogens with one attached hydrogen (secondary N) is 1. The first-order chi connectivity index (χ1) is 5.24. The van der Waals surface area contributed by atoms with Crippen LogP contribution in [0.1, 0.15) is 12.6 Å². The third-order valence-electron chi connectivity index (χ3n) is 1.48. The lowest BCUT2D eigenvalue weighted by molar-refractivity contribution is 1.13. The summed E-state index contributed by atoms with van der Waals surface area (Å²) in [6, 6.07) is 3.74. The van der Waals surface area contributed by atoms with Crippen LogP contribution in [0.5, 0.6) is 0 Å². The summed E-state index contributed by atoms with van der Waals surface area (Å²) >= 11 is 0. The van der Waals surface area contributed by atoms with Gasteiger partial charge in [0.2, 0.25) is 0 Å². The van der Waals surface area contributed by atoms with Gasteiger partial charge in [0.25, 0.3) is 0 Å². The van der Waals surface area contributed by atoms with Crippen molar-refractivity contribution >= 4 is 11.5 Å². The van der Waals surface area contributed by atoms with E-state index >= 15 is 0 Å². The summed E-state index contributed by atoms with van der Waals surface area (Å²) in [6.45, 7) is 4.82. The molecule has 3 nitrogen and oxygen atoms in total. The van der Waals surface area contributed by atoms with E-state index in [4.69, 9.17) is 5.73 Å². The molecule has 60 valence electrons. The molecule has 0 aromatic carbocycles. The lowest BCUT2D eigenvalue weighted by atomic mass is 10.3. The van der Waals surface area contributed by atoms with Crippen LogP contribution in [0.3, 0.4) is 0 Å². The number of hydrogen-bond donors (Lipinski definition) is 2. The van der Waals surface area contributed by atoms with E-state index in [-0.39, 0.29) is 0 Å². The van der Waals surface area contributed by atoms with Crippen molar-refractivity contribution in [2.75, 3.05) is 17.6 Å². The zero-order valence-corrected chi connectivity index (χ0v) is 6.89. The number of nitrogen functional groups attached to an aromatic ring is 1. The molecule has 0 spiro atoms. The molecule has 3 N–H and O–H groups in total. The van der Waals surface area contributed by atoms with Gasteiger partial charge in [-0.05, 0) is 26.0 Å². The molecule has 0 fully saturated rings. The number of pyridine rings is 1. The fourth-order valence-corrected chi connectivity index (χ4v) is 0.851. The summed E-state index contributed by atoms with van der Waals surface area (Å²) in [4.78, 5) is 4.23. The van der Waals surface area contributed by atoms with Crippen molar-refractivity contribution in [2.45, 2.75) is 13.8 Å². The summed E-state index contributed by atoms with van der Waals surface area (Å²) in [5.74, 6) is 0.888. The van der Waals surface area contributed by atoms with Gasteiger partial charge in [-0.15, -0.1) is 0 Å². The molecule has 0 saturated carbocycles. The average molecular weight is 151 g/mol. The maximum atomic E-state index is 5.59. The Morgan fingerprint density at radius 3 is 2.82 bits per heavy atom. The Morgan fingerprint density at radius 2 is 2.27 bits per heavy atom. The van der Waals surface area contributed by atoms with Crippen LogP contribution in [0, 0.1) is 6.92 Å². The zero-order chi connectivity index (χ0) is 8.27. The summed E-state index contributed by atoms with van der Waals surface area (Å²) in [7, 11) is 0. The minimum Gasteiger partial charge on any atom is -0.397 e. The van der Waals surface area contributed by atoms with Gasteiger partial charge in [-0.3, -0.25) is 0 Å². The third kappa shape index (κ3) is 1.83. The smallest absolute Gasteiger partial charge is 0.126 e. The van der Waals surface area contributed by atoms with Gasteiger partial charge in [-0.2, -0.15) is 0 Å². The summed E-state index contributed by atoms with van der Waals surface area (Å²) in [5.41, 5.74) is 7.22. The normalized spacial score (nSPS) is 9.64. The van der Waals surface area contributed by atoms with E-state index in [1.165, 1.54) is 0 Å². The molecular weight excluding hydrogens is 138 g/mol. The van der Waals surface area contributed by atoms with E-state index in [0.717, 1.165) is 23.7 Å². The number of hydrogen-bond acceptors (Lipinski definition) is 3. The van der Waals surface area contributed by atoms with E-state index in [1.54, 1.807) is 0 Å². The molecule has 1 aromatic rings. The molecule has 0 amide bonds. The molecule has 0 aliphatic heterocycles. The van der Waals surface area contributed by atoms with Crippen LogP contribution in [0.15, 0.2) is 12.1 Å². The van der Waals surface area contributed by atoms with Crippen molar-refractivity contribution in [3.05, 3.63) is 17.8 Å². The highest BCUT2D eigenvalue weighted by molar-refractivity contribution is 5.48. The molecule has 11 heavy (non-hydrogen) atoms. The predicted molar refractivity (Wildman–Crippen MR) is 47.6 cm³/mol. The molecule has 0 atom stereocenters. The monoisotopic (exact) mass is 151 g/mol. The van der Waals surface area contributed by atoms with Crippen LogP contribution < -0.4 is 11.1 Å². The highest BCUT2D eigenvalue weighted by Gasteiger charge is 1.95. The summed E-state index contributed by atoms with van der Waals surface area (Å²) < 4.78 is 0. The third-order valence-corrected chi connectivity index (χ3v) is 1.48. The fourth-order valence-electron chi connectivity index (χ4n) is 0.851. The minimum absolute atomic E-state index is 0.742. The van der Waals surface area contributed by atoms with Gasteiger partial charge >= 0.3 is 0 Å². The quantitative estimate of drug-likeness (QED) is 0.671. The molecule has 1 heterocycles. The minimum atomic E-state index is 0.742. The van der Waals surface area contributed by atoms with Crippen LogP contribution in [-0.2, 0) is 0 Å². The summed E-state index contributed by atoms with van der Waals surface area (Å²) in [5, 5.41) is 3.11. The van der Waals surface area contributed by atoms with Crippen molar-refractivity contribution in [1.82, 2.24) is 4.98 Å². The lowest BCUT2D eigenvalue weighted by Gasteiger charge is -2.04. The Kier molecular flexibility index (Phi) is 2.31. The van der Waals surface area contributed by atoms with Crippen LogP contribution in [-0.4, -0.2) is 11.5 Å². The first-order valence-corrected chi connectivity index (χ1v) is 3.71. The molecule has 0 aliphatic rings. The van der Waals surface area contributed by atoms with Gasteiger partial charge in [0.05, 0.1) is 11.4 Å². The topological polar surface area (TPSA) is 50.9 Å². The van der Waals surface area contributed by atoms with Crippen molar-refractivity contribution in [1.29, 1.82) is 0 Å². The van der Waals surface area contributed by atoms with Crippen LogP contribution in [0.4, 0.5) is 11.5 Å². The van der Waals surface area contributed by atoms with Crippen molar-refractivity contribution in [3.63, 3.8) is 0 Å². The molecule has 0 radical (unpaired) electrons. The second-order valence-corrected chi connectivity index (χ2v) is 2.40. The number of nitrogens with zero attached hydrogens (tertiary/aromatic N) is 1. The van der Waals surface area contributed by atoms with Gasteiger partial charge in [0.1, 0.15) is 5.82 Å². The number of anilines is 2. The number of nitrogens with two attached hydrogens (primary N) is 1. The van der Waals surface area contributed by atoms with Gasteiger partial charge in [0.15, 0.2) is 0 Å². The largest absolute Gasteiger partial charge is 0.397 e. The Labute approximate surface area is 66.6 Å². The molecular formula is C8H13N3. The van der Waals surface area contributed by atoms with Crippen molar-refractivity contribution in [3.8, 4) is 0 Å². The lowest BCUT2D eigenvalue weighted by Crippen LogP contribution is -2.01. The van der Waals surface area contributed by atoms with Gasteiger partial charge in [-0.25, -0.2) is 4.98 Å². The second kappa shape index (κ2) is 3.23. The van der Waals surface area contributed by atoms with E-state index in [9.17, 15) is 0 Å². The molecule has 0 unspecified atom stereocenters. The average Bonchev–Trinajstić information content (AvgIpc) is 1.98. The van der Waals surface area contributed by atoms with Crippen LogP contribution >= 0.6 is 0 Å². The Bertz CT molecular complexity index is 245. The van der Waals surface area contributed by atoms with E-state index in [0.29, 0.717) is 0 Å². The zero-order valence-electron chi connectivity index (χ0n) is 6.89. The second-order valence-electron chi connectivity index (χ2n) is 2.40. The van der Waals surface area contributed by atoms with E-state index in [1.807, 2.05) is 26.0 Å². The Hall–Kier alpha value is -1.25. The van der Waals surface area contributed by atoms with Crippen LogP contribution in [0.25, 0.3) is 0 Å². The maximum absolute atomic E-state index is 5.59. The van der Waals surface area contributed by atoms with Gasteiger partial charge in [0, 0.05) is 6.54 Å².